The highest BCUT2D eigenvalue weighted by Crippen LogP contribution is 2.25. The van der Waals surface area contributed by atoms with Gasteiger partial charge in [0.15, 0.2) is 0 Å². The summed E-state index contributed by atoms with van der Waals surface area (Å²) < 4.78 is 2.04. The van der Waals surface area contributed by atoms with E-state index in [2.05, 4.69) is 37.0 Å². The highest BCUT2D eigenvalue weighted by atomic mass is 16.3. The Labute approximate surface area is 102 Å². The second kappa shape index (κ2) is 4.34. The van der Waals surface area contributed by atoms with Gasteiger partial charge >= 0.3 is 0 Å². The number of rotatable bonds is 2. The Morgan fingerprint density at radius 2 is 1.94 bits per heavy atom. The molecule has 17 heavy (non-hydrogen) atoms. The van der Waals surface area contributed by atoms with E-state index in [1.807, 2.05) is 18.5 Å². The van der Waals surface area contributed by atoms with Gasteiger partial charge < -0.3 is 9.67 Å². The molecule has 1 aromatic carbocycles. The number of benzene rings is 1. The number of imidazole rings is 1. The standard InChI is InChI=1S/C14H18N2O/c1-9-5-6-10(2)12(7-9)14-15-13(8-17)11(3)16(14)4/h5-7,17H,8H2,1-4H3. The van der Waals surface area contributed by atoms with Crippen molar-refractivity contribution in [2.24, 2.45) is 7.05 Å². The van der Waals surface area contributed by atoms with E-state index in [0.29, 0.717) is 0 Å². The molecular weight excluding hydrogens is 212 g/mol. The lowest BCUT2D eigenvalue weighted by atomic mass is 10.1. The van der Waals surface area contributed by atoms with Crippen LogP contribution >= 0.6 is 0 Å². The maximum absolute atomic E-state index is 9.25. The number of aryl methyl sites for hydroxylation is 2. The van der Waals surface area contributed by atoms with Gasteiger partial charge in [-0.05, 0) is 32.4 Å². The first-order chi connectivity index (χ1) is 8.04. The number of nitrogens with zero attached hydrogens (tertiary/aromatic N) is 2. The molecule has 0 aliphatic carbocycles. The smallest absolute Gasteiger partial charge is 0.140 e. The van der Waals surface area contributed by atoms with Crippen molar-refractivity contribution < 1.29 is 5.11 Å². The molecule has 0 atom stereocenters. The lowest BCUT2D eigenvalue weighted by Crippen LogP contribution is -1.97. The molecule has 2 aromatic rings. The first kappa shape index (κ1) is 11.9. The fraction of sp³-hybridized carbons (Fsp3) is 0.357. The van der Waals surface area contributed by atoms with E-state index in [4.69, 9.17) is 0 Å². The van der Waals surface area contributed by atoms with Gasteiger partial charge in [-0.15, -0.1) is 0 Å². The molecule has 0 bridgehead atoms. The van der Waals surface area contributed by atoms with Crippen LogP contribution in [0.4, 0.5) is 0 Å². The van der Waals surface area contributed by atoms with Crippen LogP contribution in [0, 0.1) is 20.8 Å². The number of hydrogen-bond donors (Lipinski definition) is 1. The van der Waals surface area contributed by atoms with Gasteiger partial charge in [0.05, 0.1) is 12.3 Å². The van der Waals surface area contributed by atoms with Crippen molar-refractivity contribution >= 4 is 0 Å². The Morgan fingerprint density at radius 1 is 1.24 bits per heavy atom. The van der Waals surface area contributed by atoms with E-state index >= 15 is 0 Å². The number of aromatic nitrogens is 2. The first-order valence-electron chi connectivity index (χ1n) is 5.75. The summed E-state index contributed by atoms with van der Waals surface area (Å²) in [6, 6.07) is 6.34. The Balaban J connectivity index is 2.64. The predicted molar refractivity (Wildman–Crippen MR) is 68.8 cm³/mol. The van der Waals surface area contributed by atoms with Crippen molar-refractivity contribution in [3.8, 4) is 11.4 Å². The zero-order chi connectivity index (χ0) is 12.6. The minimum absolute atomic E-state index is 0.00939. The summed E-state index contributed by atoms with van der Waals surface area (Å²) in [6.45, 7) is 6.13. The summed E-state index contributed by atoms with van der Waals surface area (Å²) in [4.78, 5) is 4.51. The molecule has 0 aliphatic heterocycles. The van der Waals surface area contributed by atoms with Crippen molar-refractivity contribution in [1.82, 2.24) is 9.55 Å². The molecule has 0 unspecified atom stereocenters. The zero-order valence-corrected chi connectivity index (χ0v) is 10.8. The molecule has 0 fully saturated rings. The molecule has 3 heteroatoms. The second-order valence-electron chi connectivity index (χ2n) is 4.50. The highest BCUT2D eigenvalue weighted by molar-refractivity contribution is 5.62. The van der Waals surface area contributed by atoms with Crippen LogP contribution in [-0.4, -0.2) is 14.7 Å². The largest absolute Gasteiger partial charge is 0.390 e. The van der Waals surface area contributed by atoms with E-state index in [-0.39, 0.29) is 6.61 Å². The van der Waals surface area contributed by atoms with Crippen LogP contribution in [0.25, 0.3) is 11.4 Å². The van der Waals surface area contributed by atoms with E-state index in [1.165, 1.54) is 11.1 Å². The van der Waals surface area contributed by atoms with Gasteiger partial charge in [-0.1, -0.05) is 17.7 Å². The summed E-state index contributed by atoms with van der Waals surface area (Å²) >= 11 is 0. The van der Waals surface area contributed by atoms with Crippen LogP contribution in [0.1, 0.15) is 22.5 Å². The molecule has 90 valence electrons. The maximum Gasteiger partial charge on any atom is 0.140 e. The topological polar surface area (TPSA) is 38.1 Å². The average Bonchev–Trinajstić information content (AvgIpc) is 2.59. The van der Waals surface area contributed by atoms with E-state index in [0.717, 1.165) is 22.8 Å². The van der Waals surface area contributed by atoms with Gasteiger partial charge in [-0.2, -0.15) is 0 Å². The van der Waals surface area contributed by atoms with Crippen LogP contribution in [-0.2, 0) is 13.7 Å². The van der Waals surface area contributed by atoms with Gasteiger partial charge in [0.1, 0.15) is 5.82 Å². The molecule has 0 spiro atoms. The van der Waals surface area contributed by atoms with E-state index in [1.54, 1.807) is 0 Å². The third kappa shape index (κ3) is 1.98. The number of aliphatic hydroxyl groups excluding tert-OH is 1. The Bertz CT molecular complexity index is 556. The van der Waals surface area contributed by atoms with Crippen molar-refractivity contribution in [3.05, 3.63) is 40.7 Å². The van der Waals surface area contributed by atoms with Crippen LogP contribution in [0.2, 0.25) is 0 Å². The SMILES string of the molecule is Cc1ccc(C)c(-c2nc(CO)c(C)n2C)c1. The second-order valence-corrected chi connectivity index (χ2v) is 4.50. The third-order valence-electron chi connectivity index (χ3n) is 3.26. The van der Waals surface area contributed by atoms with Gasteiger partial charge in [0.2, 0.25) is 0 Å². The molecule has 1 N–H and O–H groups in total. The summed E-state index contributed by atoms with van der Waals surface area (Å²) in [5, 5.41) is 9.25. The van der Waals surface area contributed by atoms with Crippen LogP contribution in [0.3, 0.4) is 0 Å². The molecule has 0 aliphatic rings. The monoisotopic (exact) mass is 230 g/mol. The molecular formula is C14H18N2O. The van der Waals surface area contributed by atoms with Crippen molar-refractivity contribution in [2.75, 3.05) is 0 Å². The van der Waals surface area contributed by atoms with Crippen LogP contribution < -0.4 is 0 Å². The zero-order valence-electron chi connectivity index (χ0n) is 10.8. The first-order valence-corrected chi connectivity index (χ1v) is 5.75. The molecule has 3 nitrogen and oxygen atoms in total. The molecule has 0 radical (unpaired) electrons. The lowest BCUT2D eigenvalue weighted by Gasteiger charge is -2.07. The molecule has 0 saturated carbocycles. The molecule has 0 saturated heterocycles. The minimum atomic E-state index is -0.00939. The summed E-state index contributed by atoms with van der Waals surface area (Å²) in [5.74, 6) is 0.924. The van der Waals surface area contributed by atoms with E-state index < -0.39 is 0 Å². The normalized spacial score (nSPS) is 10.9. The van der Waals surface area contributed by atoms with Gasteiger partial charge in [0, 0.05) is 18.3 Å². The van der Waals surface area contributed by atoms with Crippen molar-refractivity contribution in [1.29, 1.82) is 0 Å². The molecule has 1 heterocycles. The highest BCUT2D eigenvalue weighted by Gasteiger charge is 2.13. The molecule has 0 amide bonds. The van der Waals surface area contributed by atoms with E-state index in [9.17, 15) is 5.11 Å². The average molecular weight is 230 g/mol. The Morgan fingerprint density at radius 3 is 2.53 bits per heavy atom. The Kier molecular flexibility index (Phi) is 3.03. The molecule has 1 aromatic heterocycles. The summed E-state index contributed by atoms with van der Waals surface area (Å²) in [5.41, 5.74) is 5.33. The Hall–Kier alpha value is -1.61. The minimum Gasteiger partial charge on any atom is -0.390 e. The van der Waals surface area contributed by atoms with Crippen LogP contribution in [0.15, 0.2) is 18.2 Å². The van der Waals surface area contributed by atoms with Crippen LogP contribution in [0.5, 0.6) is 0 Å². The van der Waals surface area contributed by atoms with Gasteiger partial charge in [-0.3, -0.25) is 0 Å². The maximum atomic E-state index is 9.25. The number of hydrogen-bond acceptors (Lipinski definition) is 2. The fourth-order valence-electron chi connectivity index (χ4n) is 2.00. The number of aliphatic hydroxyl groups is 1. The molecule has 2 rings (SSSR count). The lowest BCUT2D eigenvalue weighted by molar-refractivity contribution is 0.276. The summed E-state index contributed by atoms with van der Waals surface area (Å²) in [6.07, 6.45) is 0. The summed E-state index contributed by atoms with van der Waals surface area (Å²) in [7, 11) is 1.98. The third-order valence-corrected chi connectivity index (χ3v) is 3.26. The van der Waals surface area contributed by atoms with Gasteiger partial charge in [-0.25, -0.2) is 4.98 Å². The fourth-order valence-corrected chi connectivity index (χ4v) is 2.00. The van der Waals surface area contributed by atoms with Gasteiger partial charge in [0.25, 0.3) is 0 Å². The predicted octanol–water partition coefficient (Wildman–Crippen LogP) is 2.50. The van der Waals surface area contributed by atoms with Crippen molar-refractivity contribution in [3.63, 3.8) is 0 Å². The van der Waals surface area contributed by atoms with Crippen molar-refractivity contribution in [2.45, 2.75) is 27.4 Å². The quantitative estimate of drug-likeness (QED) is 0.860.